The molecule has 0 bridgehead atoms. The van der Waals surface area contributed by atoms with Gasteiger partial charge in [-0.3, -0.25) is 0 Å². The summed E-state index contributed by atoms with van der Waals surface area (Å²) in [4.78, 5) is 0. The van der Waals surface area contributed by atoms with Crippen molar-refractivity contribution in [2.45, 2.75) is 39.2 Å². The van der Waals surface area contributed by atoms with Gasteiger partial charge in [0.1, 0.15) is 0 Å². The lowest BCUT2D eigenvalue weighted by molar-refractivity contribution is 0.0782. The number of nitrogens with one attached hydrogen (secondary N) is 1. The van der Waals surface area contributed by atoms with Crippen molar-refractivity contribution in [3.05, 3.63) is 23.8 Å². The maximum absolute atomic E-state index is 5.66. The lowest BCUT2D eigenvalue weighted by Crippen LogP contribution is -2.35. The molecule has 118 valence electrons. The molecular weight excluding hydrogens is 266 g/mol. The van der Waals surface area contributed by atoms with Crippen molar-refractivity contribution in [1.82, 2.24) is 5.32 Å². The van der Waals surface area contributed by atoms with E-state index >= 15 is 0 Å². The van der Waals surface area contributed by atoms with Gasteiger partial charge in [0, 0.05) is 19.3 Å². The normalized spacial score (nSPS) is 15.9. The Balaban J connectivity index is 1.85. The molecular formula is C17H27NO3. The van der Waals surface area contributed by atoms with Gasteiger partial charge in [0.15, 0.2) is 11.5 Å². The smallest absolute Gasteiger partial charge is 0.161 e. The minimum atomic E-state index is 0.604. The summed E-state index contributed by atoms with van der Waals surface area (Å²) in [5.74, 6) is 1.68. The highest BCUT2D eigenvalue weighted by Crippen LogP contribution is 2.28. The molecule has 0 radical (unpaired) electrons. The molecule has 4 nitrogen and oxygen atoms in total. The fourth-order valence-corrected chi connectivity index (χ4v) is 2.57. The molecule has 1 saturated heterocycles. The third-order valence-electron chi connectivity index (χ3n) is 3.68. The van der Waals surface area contributed by atoms with Crippen LogP contribution >= 0.6 is 0 Å². The molecule has 1 aromatic carbocycles. The van der Waals surface area contributed by atoms with E-state index in [9.17, 15) is 0 Å². The number of hydrogen-bond acceptors (Lipinski definition) is 4. The summed E-state index contributed by atoms with van der Waals surface area (Å²) in [6.45, 7) is 8.06. The Kier molecular flexibility index (Phi) is 6.83. The van der Waals surface area contributed by atoms with E-state index in [-0.39, 0.29) is 0 Å². The fraction of sp³-hybridized carbons (Fsp3) is 0.647. The molecule has 4 heteroatoms. The van der Waals surface area contributed by atoms with Crippen molar-refractivity contribution in [2.24, 2.45) is 0 Å². The van der Waals surface area contributed by atoms with Gasteiger partial charge in [-0.2, -0.15) is 0 Å². The van der Waals surface area contributed by atoms with E-state index in [0.717, 1.165) is 50.5 Å². The van der Waals surface area contributed by atoms with E-state index in [1.54, 1.807) is 0 Å². The van der Waals surface area contributed by atoms with E-state index in [0.29, 0.717) is 19.3 Å². The Morgan fingerprint density at radius 2 is 1.81 bits per heavy atom. The van der Waals surface area contributed by atoms with Gasteiger partial charge >= 0.3 is 0 Å². The van der Waals surface area contributed by atoms with Crippen LogP contribution in [0.25, 0.3) is 0 Å². The van der Waals surface area contributed by atoms with E-state index in [1.807, 2.05) is 19.9 Å². The second kappa shape index (κ2) is 8.90. The second-order valence-corrected chi connectivity index (χ2v) is 5.24. The SMILES string of the molecule is CCOc1ccc(CCNC2CCOCC2)cc1OCC. The van der Waals surface area contributed by atoms with Gasteiger partial charge < -0.3 is 19.5 Å². The average Bonchev–Trinajstić information content (AvgIpc) is 2.51. The molecule has 0 unspecified atom stereocenters. The van der Waals surface area contributed by atoms with Crippen molar-refractivity contribution in [2.75, 3.05) is 33.0 Å². The van der Waals surface area contributed by atoms with E-state index < -0.39 is 0 Å². The first-order valence-corrected chi connectivity index (χ1v) is 8.03. The van der Waals surface area contributed by atoms with E-state index in [1.165, 1.54) is 5.56 Å². The minimum Gasteiger partial charge on any atom is -0.490 e. The van der Waals surface area contributed by atoms with Crippen molar-refractivity contribution in [1.29, 1.82) is 0 Å². The van der Waals surface area contributed by atoms with Gasteiger partial charge in [-0.05, 0) is 57.4 Å². The molecule has 0 amide bonds. The maximum atomic E-state index is 5.66. The van der Waals surface area contributed by atoms with Gasteiger partial charge in [0.05, 0.1) is 13.2 Å². The second-order valence-electron chi connectivity index (χ2n) is 5.24. The summed E-state index contributed by atoms with van der Waals surface area (Å²) < 4.78 is 16.6. The van der Waals surface area contributed by atoms with Crippen LogP contribution in [-0.2, 0) is 11.2 Å². The van der Waals surface area contributed by atoms with Crippen LogP contribution in [0.5, 0.6) is 11.5 Å². The average molecular weight is 293 g/mol. The summed E-state index contributed by atoms with van der Waals surface area (Å²) >= 11 is 0. The number of ether oxygens (including phenoxy) is 3. The molecule has 1 N–H and O–H groups in total. The number of rotatable bonds is 8. The quantitative estimate of drug-likeness (QED) is 0.800. The molecule has 21 heavy (non-hydrogen) atoms. The first kappa shape index (κ1) is 16.1. The summed E-state index contributed by atoms with van der Waals surface area (Å²) in [6.07, 6.45) is 3.24. The van der Waals surface area contributed by atoms with Crippen LogP contribution in [0, 0.1) is 0 Å². The molecule has 0 saturated carbocycles. The summed E-state index contributed by atoms with van der Waals surface area (Å²) in [5.41, 5.74) is 1.28. The zero-order valence-electron chi connectivity index (χ0n) is 13.2. The van der Waals surface area contributed by atoms with Crippen LogP contribution in [0.4, 0.5) is 0 Å². The van der Waals surface area contributed by atoms with Crippen molar-refractivity contribution in [3.63, 3.8) is 0 Å². The highest BCUT2D eigenvalue weighted by molar-refractivity contribution is 5.43. The Hall–Kier alpha value is -1.26. The molecule has 0 spiro atoms. The highest BCUT2D eigenvalue weighted by atomic mass is 16.5. The zero-order chi connectivity index (χ0) is 14.9. The fourth-order valence-electron chi connectivity index (χ4n) is 2.57. The van der Waals surface area contributed by atoms with Crippen LogP contribution in [-0.4, -0.2) is 39.0 Å². The largest absolute Gasteiger partial charge is 0.490 e. The van der Waals surface area contributed by atoms with Crippen molar-refractivity contribution >= 4 is 0 Å². The molecule has 1 heterocycles. The first-order valence-electron chi connectivity index (χ1n) is 8.03. The van der Waals surface area contributed by atoms with Crippen LogP contribution < -0.4 is 14.8 Å². The highest BCUT2D eigenvalue weighted by Gasteiger charge is 2.12. The summed E-state index contributed by atoms with van der Waals surface area (Å²) in [7, 11) is 0. The van der Waals surface area contributed by atoms with Crippen molar-refractivity contribution in [3.8, 4) is 11.5 Å². The minimum absolute atomic E-state index is 0.604. The van der Waals surface area contributed by atoms with Gasteiger partial charge in [0.25, 0.3) is 0 Å². The topological polar surface area (TPSA) is 39.7 Å². The molecule has 1 aromatic rings. The predicted molar refractivity (Wildman–Crippen MR) is 84.3 cm³/mol. The van der Waals surface area contributed by atoms with Crippen LogP contribution in [0.15, 0.2) is 18.2 Å². The van der Waals surface area contributed by atoms with Crippen LogP contribution in [0.3, 0.4) is 0 Å². The Morgan fingerprint density at radius 3 is 2.52 bits per heavy atom. The molecule has 0 aliphatic carbocycles. The van der Waals surface area contributed by atoms with E-state index in [2.05, 4.69) is 17.4 Å². The molecule has 0 atom stereocenters. The molecule has 0 aromatic heterocycles. The van der Waals surface area contributed by atoms with E-state index in [4.69, 9.17) is 14.2 Å². The zero-order valence-corrected chi connectivity index (χ0v) is 13.2. The molecule has 1 aliphatic heterocycles. The van der Waals surface area contributed by atoms with Gasteiger partial charge in [-0.1, -0.05) is 6.07 Å². The third-order valence-corrected chi connectivity index (χ3v) is 3.68. The summed E-state index contributed by atoms with van der Waals surface area (Å²) in [5, 5.41) is 3.61. The predicted octanol–water partition coefficient (Wildman–Crippen LogP) is 2.80. The molecule has 1 aliphatic rings. The summed E-state index contributed by atoms with van der Waals surface area (Å²) in [6, 6.07) is 6.84. The third kappa shape index (κ3) is 5.21. The standard InChI is InChI=1S/C17H27NO3/c1-3-20-16-6-5-14(13-17(16)21-4-2)7-10-18-15-8-11-19-12-9-15/h5-6,13,15,18H,3-4,7-12H2,1-2H3. The van der Waals surface area contributed by atoms with Gasteiger partial charge in [-0.15, -0.1) is 0 Å². The lowest BCUT2D eigenvalue weighted by atomic mass is 10.1. The van der Waals surface area contributed by atoms with Crippen molar-refractivity contribution < 1.29 is 14.2 Å². The Labute approximate surface area is 127 Å². The number of benzene rings is 1. The molecule has 2 rings (SSSR count). The van der Waals surface area contributed by atoms with Gasteiger partial charge in [0.2, 0.25) is 0 Å². The maximum Gasteiger partial charge on any atom is 0.161 e. The van der Waals surface area contributed by atoms with Gasteiger partial charge in [-0.25, -0.2) is 0 Å². The lowest BCUT2D eigenvalue weighted by Gasteiger charge is -2.23. The Morgan fingerprint density at radius 1 is 1.10 bits per heavy atom. The molecule has 1 fully saturated rings. The Bertz CT molecular complexity index is 416. The van der Waals surface area contributed by atoms with Crippen LogP contribution in [0.1, 0.15) is 32.3 Å². The van der Waals surface area contributed by atoms with Crippen LogP contribution in [0.2, 0.25) is 0 Å². The first-order chi connectivity index (χ1) is 10.3. The monoisotopic (exact) mass is 293 g/mol. The number of hydrogen-bond donors (Lipinski definition) is 1.